The molecule has 0 aliphatic carbocycles. The minimum Gasteiger partial charge on any atom is -0.486 e. The topological polar surface area (TPSA) is 84.9 Å². The number of fused-ring (bicyclic) bond motifs is 1. The van der Waals surface area contributed by atoms with E-state index in [4.69, 9.17) is 9.47 Å². The lowest BCUT2D eigenvalue weighted by Crippen LogP contribution is -2.52. The number of nitrogens with zero attached hydrogens (tertiary/aromatic N) is 1. The number of ether oxygens (including phenoxy) is 2. The first kappa shape index (κ1) is 24.5. The Kier molecular flexibility index (Phi) is 7.78. The molecule has 1 saturated heterocycles. The summed E-state index contributed by atoms with van der Waals surface area (Å²) in [6.45, 7) is 4.20. The predicted molar refractivity (Wildman–Crippen MR) is 131 cm³/mol. The molecule has 2 aliphatic rings. The number of rotatable bonds is 9. The van der Waals surface area contributed by atoms with Crippen LogP contribution in [0.15, 0.2) is 53.4 Å². The van der Waals surface area contributed by atoms with E-state index in [9.17, 15) is 13.2 Å². The van der Waals surface area contributed by atoms with Crippen LogP contribution in [0.4, 0.5) is 0 Å². The van der Waals surface area contributed by atoms with E-state index in [0.717, 1.165) is 31.2 Å². The molecule has 0 atom stereocenters. The number of carbonyl (C=O) groups excluding carboxylic acids is 1. The summed E-state index contributed by atoms with van der Waals surface area (Å²) in [5, 5.41) is 3.13. The van der Waals surface area contributed by atoms with E-state index >= 15 is 0 Å². The molecule has 1 N–H and O–H groups in total. The zero-order valence-corrected chi connectivity index (χ0v) is 20.6. The lowest BCUT2D eigenvalue weighted by Gasteiger charge is -2.40. The summed E-state index contributed by atoms with van der Waals surface area (Å²) < 4.78 is 39.3. The van der Waals surface area contributed by atoms with E-state index in [1.807, 2.05) is 30.3 Å². The van der Waals surface area contributed by atoms with Crippen molar-refractivity contribution in [3.05, 3.63) is 54.1 Å². The number of amides is 1. The SMILES string of the molecule is CCCCCCNC(=O)C1(c2ccccc2)CCN(S(=O)(=O)c2ccc3c(c2)OCCO3)CC1. The van der Waals surface area contributed by atoms with Gasteiger partial charge in [0.05, 0.1) is 10.3 Å². The average molecular weight is 487 g/mol. The Morgan fingerprint density at radius 3 is 2.38 bits per heavy atom. The normalized spacial score (nSPS) is 17.8. The van der Waals surface area contributed by atoms with Gasteiger partial charge in [-0.3, -0.25) is 4.79 Å². The van der Waals surface area contributed by atoms with Crippen molar-refractivity contribution in [1.29, 1.82) is 0 Å². The maximum atomic E-state index is 13.4. The van der Waals surface area contributed by atoms with Gasteiger partial charge in [-0.2, -0.15) is 4.31 Å². The first-order valence-corrected chi connectivity index (χ1v) is 13.6. The Bertz CT molecular complexity index is 1080. The van der Waals surface area contributed by atoms with Crippen LogP contribution in [0.5, 0.6) is 11.5 Å². The molecular formula is C26H34N2O5S. The highest BCUT2D eigenvalue weighted by Crippen LogP contribution is 2.39. The van der Waals surface area contributed by atoms with Crippen LogP contribution in [0, 0.1) is 0 Å². The molecule has 2 heterocycles. The van der Waals surface area contributed by atoms with Gasteiger partial charge in [0.2, 0.25) is 15.9 Å². The summed E-state index contributed by atoms with van der Waals surface area (Å²) in [6.07, 6.45) is 5.22. The maximum absolute atomic E-state index is 13.4. The standard InChI is InChI=1S/C26H34N2O5S/c1-2-3-4-8-15-27-25(29)26(21-9-6-5-7-10-21)13-16-28(17-14-26)34(30,31)22-11-12-23-24(20-22)33-19-18-32-23/h5-7,9-12,20H,2-4,8,13-19H2,1H3,(H,27,29). The van der Waals surface area contributed by atoms with Crippen LogP contribution in [0.1, 0.15) is 51.0 Å². The molecule has 2 aliphatic heterocycles. The van der Waals surface area contributed by atoms with E-state index in [0.29, 0.717) is 44.1 Å². The highest BCUT2D eigenvalue weighted by atomic mass is 32.2. The van der Waals surface area contributed by atoms with Gasteiger partial charge < -0.3 is 14.8 Å². The summed E-state index contributed by atoms with van der Waals surface area (Å²) >= 11 is 0. The first-order chi connectivity index (χ1) is 16.5. The van der Waals surface area contributed by atoms with E-state index in [1.165, 1.54) is 10.4 Å². The molecule has 0 radical (unpaired) electrons. The van der Waals surface area contributed by atoms with Crippen molar-refractivity contribution < 1.29 is 22.7 Å². The Balaban J connectivity index is 1.50. The minimum atomic E-state index is -3.71. The maximum Gasteiger partial charge on any atom is 0.243 e. The third-order valence-corrected chi connectivity index (χ3v) is 8.70. The van der Waals surface area contributed by atoms with Crippen molar-refractivity contribution in [2.24, 2.45) is 0 Å². The third kappa shape index (κ3) is 5.08. The van der Waals surface area contributed by atoms with Gasteiger partial charge in [-0.15, -0.1) is 0 Å². The Labute approximate surface area is 202 Å². The number of sulfonamides is 1. The summed E-state index contributed by atoms with van der Waals surface area (Å²) in [7, 11) is -3.71. The molecule has 4 rings (SSSR count). The van der Waals surface area contributed by atoms with Gasteiger partial charge in [0.15, 0.2) is 11.5 Å². The average Bonchev–Trinajstić information content (AvgIpc) is 2.88. The second-order valence-electron chi connectivity index (χ2n) is 8.97. The fourth-order valence-corrected chi connectivity index (χ4v) is 6.23. The molecule has 0 unspecified atom stereocenters. The van der Waals surface area contributed by atoms with E-state index < -0.39 is 15.4 Å². The van der Waals surface area contributed by atoms with E-state index in [-0.39, 0.29) is 23.9 Å². The molecular weight excluding hydrogens is 452 g/mol. The number of piperidine rings is 1. The van der Waals surface area contributed by atoms with Crippen LogP contribution in [0.3, 0.4) is 0 Å². The molecule has 0 aromatic heterocycles. The summed E-state index contributed by atoms with van der Waals surface area (Å²) in [5.41, 5.74) is 0.211. The van der Waals surface area contributed by atoms with Gasteiger partial charge in [-0.1, -0.05) is 56.5 Å². The lowest BCUT2D eigenvalue weighted by molar-refractivity contribution is -0.128. The molecule has 7 nitrogen and oxygen atoms in total. The number of benzene rings is 2. The molecule has 0 bridgehead atoms. The van der Waals surface area contributed by atoms with Gasteiger partial charge in [-0.05, 0) is 37.0 Å². The first-order valence-electron chi connectivity index (χ1n) is 12.2. The largest absolute Gasteiger partial charge is 0.486 e. The van der Waals surface area contributed by atoms with Crippen LogP contribution >= 0.6 is 0 Å². The molecule has 0 spiro atoms. The van der Waals surface area contributed by atoms with Crippen molar-refractivity contribution in [1.82, 2.24) is 9.62 Å². The molecule has 1 amide bonds. The summed E-state index contributed by atoms with van der Waals surface area (Å²) in [4.78, 5) is 13.6. The lowest BCUT2D eigenvalue weighted by atomic mass is 9.72. The second kappa shape index (κ2) is 10.8. The van der Waals surface area contributed by atoms with Crippen LogP contribution in [0.2, 0.25) is 0 Å². The zero-order chi connectivity index (χ0) is 24.0. The van der Waals surface area contributed by atoms with Crippen molar-refractivity contribution in [3.63, 3.8) is 0 Å². The highest BCUT2D eigenvalue weighted by Gasteiger charge is 2.45. The molecule has 34 heavy (non-hydrogen) atoms. The van der Waals surface area contributed by atoms with Gasteiger partial charge in [-0.25, -0.2) is 8.42 Å². The number of carbonyl (C=O) groups is 1. The zero-order valence-electron chi connectivity index (χ0n) is 19.8. The fourth-order valence-electron chi connectivity index (χ4n) is 4.77. The van der Waals surface area contributed by atoms with Crippen molar-refractivity contribution in [2.75, 3.05) is 32.8 Å². The van der Waals surface area contributed by atoms with Crippen LogP contribution in [-0.4, -0.2) is 51.5 Å². The number of nitrogens with one attached hydrogen (secondary N) is 1. The van der Waals surface area contributed by atoms with Crippen LogP contribution in [-0.2, 0) is 20.2 Å². The van der Waals surface area contributed by atoms with Crippen molar-refractivity contribution >= 4 is 15.9 Å². The van der Waals surface area contributed by atoms with Gasteiger partial charge in [0.25, 0.3) is 0 Å². The molecule has 184 valence electrons. The summed E-state index contributed by atoms with van der Waals surface area (Å²) in [6, 6.07) is 14.5. The molecule has 1 fully saturated rings. The minimum absolute atomic E-state index is 0.00780. The van der Waals surface area contributed by atoms with E-state index in [1.54, 1.807) is 12.1 Å². The van der Waals surface area contributed by atoms with Gasteiger partial charge in [0, 0.05) is 25.7 Å². The number of unbranched alkanes of at least 4 members (excludes halogenated alkanes) is 3. The van der Waals surface area contributed by atoms with Gasteiger partial charge in [0.1, 0.15) is 13.2 Å². The number of hydrogen-bond donors (Lipinski definition) is 1. The fraction of sp³-hybridized carbons (Fsp3) is 0.500. The second-order valence-corrected chi connectivity index (χ2v) is 10.9. The van der Waals surface area contributed by atoms with E-state index in [2.05, 4.69) is 12.2 Å². The molecule has 8 heteroatoms. The van der Waals surface area contributed by atoms with Crippen LogP contribution in [0.25, 0.3) is 0 Å². The van der Waals surface area contributed by atoms with Crippen molar-refractivity contribution in [2.45, 2.75) is 55.8 Å². The quantitative estimate of drug-likeness (QED) is 0.544. The number of hydrogen-bond acceptors (Lipinski definition) is 5. The molecule has 0 saturated carbocycles. The monoisotopic (exact) mass is 486 g/mol. The third-order valence-electron chi connectivity index (χ3n) is 6.80. The summed E-state index contributed by atoms with van der Waals surface area (Å²) in [5.74, 6) is 1.000. The van der Waals surface area contributed by atoms with Gasteiger partial charge >= 0.3 is 0 Å². The predicted octanol–water partition coefficient (Wildman–Crippen LogP) is 3.88. The Hall–Kier alpha value is -2.58. The van der Waals surface area contributed by atoms with Crippen LogP contribution < -0.4 is 14.8 Å². The highest BCUT2D eigenvalue weighted by molar-refractivity contribution is 7.89. The van der Waals surface area contributed by atoms with Crippen molar-refractivity contribution in [3.8, 4) is 11.5 Å². The Morgan fingerprint density at radius 1 is 0.971 bits per heavy atom. The smallest absolute Gasteiger partial charge is 0.243 e. The Morgan fingerprint density at radius 2 is 1.68 bits per heavy atom. The molecule has 2 aromatic carbocycles. The molecule has 2 aromatic rings.